The first-order chi connectivity index (χ1) is 26.1. The zero-order chi connectivity index (χ0) is 40.0. The predicted molar refractivity (Wildman–Crippen MR) is 222 cm³/mol. The summed E-state index contributed by atoms with van der Waals surface area (Å²) >= 11 is 0. The number of esters is 2. The van der Waals surface area contributed by atoms with Gasteiger partial charge in [-0.3, -0.25) is 9.59 Å². The summed E-state index contributed by atoms with van der Waals surface area (Å²) in [6.45, 7) is 4.45. The second-order valence-electron chi connectivity index (χ2n) is 14.8. The number of rotatable bonds is 36. The molecule has 0 fully saturated rings. The van der Waals surface area contributed by atoms with Crippen molar-refractivity contribution in [3.8, 4) is 0 Å². The highest BCUT2D eigenvalue weighted by molar-refractivity contribution is 5.70. The Morgan fingerprint density at radius 2 is 1.04 bits per heavy atom. The van der Waals surface area contributed by atoms with Gasteiger partial charge in [-0.1, -0.05) is 145 Å². The molecule has 0 bridgehead atoms. The lowest BCUT2D eigenvalue weighted by Gasteiger charge is -2.34. The van der Waals surface area contributed by atoms with Crippen LogP contribution in [0.2, 0.25) is 0 Å². The number of quaternary nitrogens is 1. The van der Waals surface area contributed by atoms with Crippen molar-refractivity contribution < 1.29 is 38.2 Å². The van der Waals surface area contributed by atoms with Crippen LogP contribution in [0.5, 0.6) is 0 Å². The fourth-order valence-corrected chi connectivity index (χ4v) is 5.61. The molecule has 0 saturated carbocycles. The van der Waals surface area contributed by atoms with Crippen LogP contribution in [0.1, 0.15) is 149 Å². The number of unbranched alkanes of at least 4 members (excludes halogenated alkanes) is 10. The summed E-state index contributed by atoms with van der Waals surface area (Å²) < 4.78 is 17.0. The Morgan fingerprint density at radius 3 is 1.52 bits per heavy atom. The fourth-order valence-electron chi connectivity index (χ4n) is 5.61. The molecule has 0 aromatic carbocycles. The van der Waals surface area contributed by atoms with Crippen molar-refractivity contribution >= 4 is 17.9 Å². The molecule has 2 unspecified atom stereocenters. The topological polar surface area (TPSA) is 102 Å². The van der Waals surface area contributed by atoms with Gasteiger partial charge >= 0.3 is 11.9 Å². The zero-order valence-corrected chi connectivity index (χ0v) is 34.9. The van der Waals surface area contributed by atoms with Gasteiger partial charge in [0.25, 0.3) is 0 Å². The maximum absolute atomic E-state index is 12.6. The van der Waals surface area contributed by atoms with E-state index in [1.54, 1.807) is 21.1 Å². The van der Waals surface area contributed by atoms with Crippen LogP contribution < -0.4 is 5.11 Å². The third kappa shape index (κ3) is 34.5. The molecule has 54 heavy (non-hydrogen) atoms. The van der Waals surface area contributed by atoms with Crippen LogP contribution in [0, 0.1) is 0 Å². The van der Waals surface area contributed by atoms with Crippen LogP contribution in [0.3, 0.4) is 0 Å². The van der Waals surface area contributed by atoms with E-state index in [2.05, 4.69) is 86.8 Å². The first kappa shape index (κ1) is 50.8. The lowest BCUT2D eigenvalue weighted by atomic mass is 10.1. The first-order valence-electron chi connectivity index (χ1n) is 21.0. The molecule has 0 rings (SSSR count). The van der Waals surface area contributed by atoms with Gasteiger partial charge in [0, 0.05) is 19.3 Å². The predicted octanol–water partition coefficient (Wildman–Crippen LogP) is 9.85. The smallest absolute Gasteiger partial charge is 0.306 e. The lowest BCUT2D eigenvalue weighted by Crippen LogP contribution is -2.55. The Kier molecular flexibility index (Phi) is 34.5. The van der Waals surface area contributed by atoms with E-state index in [9.17, 15) is 19.5 Å². The van der Waals surface area contributed by atoms with Crippen molar-refractivity contribution in [2.45, 2.75) is 161 Å². The summed E-state index contributed by atoms with van der Waals surface area (Å²) in [4.78, 5) is 36.7. The number of carboxylic acid groups (broad SMARTS) is 1. The summed E-state index contributed by atoms with van der Waals surface area (Å²) in [7, 11) is 5.38. The van der Waals surface area contributed by atoms with Gasteiger partial charge < -0.3 is 28.6 Å². The molecule has 0 amide bonds. The molecule has 0 spiro atoms. The van der Waals surface area contributed by atoms with Crippen molar-refractivity contribution in [2.24, 2.45) is 0 Å². The molecule has 0 aromatic rings. The van der Waals surface area contributed by atoms with Crippen molar-refractivity contribution in [1.29, 1.82) is 0 Å². The first-order valence-corrected chi connectivity index (χ1v) is 21.0. The molecule has 8 nitrogen and oxygen atoms in total. The van der Waals surface area contributed by atoms with Gasteiger partial charge in [0.05, 0.1) is 40.3 Å². The minimum Gasteiger partial charge on any atom is -0.544 e. The van der Waals surface area contributed by atoms with E-state index in [-0.39, 0.29) is 49.1 Å². The molecule has 8 heteroatoms. The monoisotopic (exact) mass is 756 g/mol. The lowest BCUT2D eigenvalue weighted by molar-refractivity contribution is -0.889. The second-order valence-corrected chi connectivity index (χ2v) is 14.8. The highest BCUT2D eigenvalue weighted by Crippen LogP contribution is 2.13. The van der Waals surface area contributed by atoms with Gasteiger partial charge in [0.2, 0.25) is 0 Å². The summed E-state index contributed by atoms with van der Waals surface area (Å²) in [5.41, 5.74) is 0. The quantitative estimate of drug-likeness (QED) is 0.0272. The third-order valence-corrected chi connectivity index (χ3v) is 8.86. The molecule has 0 aliphatic heterocycles. The molecule has 0 aliphatic rings. The maximum Gasteiger partial charge on any atom is 0.306 e. The molecule has 2 atom stereocenters. The van der Waals surface area contributed by atoms with Gasteiger partial charge in [-0.2, -0.15) is 0 Å². The number of hydrogen-bond donors (Lipinski definition) is 0. The van der Waals surface area contributed by atoms with Crippen LogP contribution in [-0.4, -0.2) is 75.5 Å². The number of nitrogens with zero attached hydrogens (tertiary/aromatic N) is 1. The highest BCUT2D eigenvalue weighted by Gasteiger charge is 2.25. The van der Waals surface area contributed by atoms with Crippen molar-refractivity contribution in [1.82, 2.24) is 0 Å². The van der Waals surface area contributed by atoms with Crippen molar-refractivity contribution in [3.63, 3.8) is 0 Å². The molecule has 0 N–H and O–H groups in total. The Labute approximate surface area is 330 Å². The van der Waals surface area contributed by atoms with Gasteiger partial charge in [-0.15, -0.1) is 0 Å². The van der Waals surface area contributed by atoms with Gasteiger partial charge in [0.1, 0.15) is 12.6 Å². The van der Waals surface area contributed by atoms with E-state index in [4.69, 9.17) is 14.2 Å². The molecule has 0 heterocycles. The van der Waals surface area contributed by atoms with Gasteiger partial charge in [-0.25, -0.2) is 0 Å². The van der Waals surface area contributed by atoms with Crippen LogP contribution >= 0.6 is 0 Å². The third-order valence-electron chi connectivity index (χ3n) is 8.86. The van der Waals surface area contributed by atoms with Crippen LogP contribution in [-0.2, 0) is 28.6 Å². The number of ether oxygens (including phenoxy) is 3. The minimum atomic E-state index is -1.14. The summed E-state index contributed by atoms with van der Waals surface area (Å²) in [5, 5.41) is 11.6. The molecular formula is C46H77NO7. The average Bonchev–Trinajstić information content (AvgIpc) is 3.12. The standard InChI is InChI=1S/C46H77NO7/c1-6-8-10-12-14-16-18-19-20-21-22-23-24-25-26-27-29-30-32-34-36-44(48)53-41-42(40-52-39-38-43(46(50)51)47(3,4)5)54-45(49)37-35-33-31-28-17-15-13-11-9-7-2/h8,10,14,16,19-20,22-23,25-26,29-30,42-43H,6-7,9,11-13,15,17-18,21,24,27-28,31-41H2,1-5H3/b10-8+,16-14+,20-19+,23-22+,26-25+,30-29+. The number of likely N-dealkylation sites (N-methyl/N-ethyl adjacent to an activating group) is 1. The molecule has 0 aromatic heterocycles. The van der Waals surface area contributed by atoms with Crippen LogP contribution in [0.15, 0.2) is 72.9 Å². The highest BCUT2D eigenvalue weighted by atomic mass is 16.6. The minimum absolute atomic E-state index is 0.0203. The Bertz CT molecular complexity index is 1110. The van der Waals surface area contributed by atoms with Crippen LogP contribution in [0.25, 0.3) is 0 Å². The van der Waals surface area contributed by atoms with E-state index in [1.165, 1.54) is 44.9 Å². The van der Waals surface area contributed by atoms with E-state index >= 15 is 0 Å². The average molecular weight is 756 g/mol. The number of carbonyl (C=O) groups excluding carboxylic acids is 3. The fraction of sp³-hybridized carbons (Fsp3) is 0.674. The SMILES string of the molecule is CC/C=C/C/C=C/C/C=C/C/C=C/C/C=C/C/C=C/CCCC(=O)OCC(COCCC(C(=O)[O-])[N+](C)(C)C)OC(=O)CCCCCCCCCCCC. The molecular weight excluding hydrogens is 679 g/mol. The van der Waals surface area contributed by atoms with Crippen molar-refractivity contribution in [2.75, 3.05) is 41.0 Å². The number of carboxylic acids is 1. The van der Waals surface area contributed by atoms with E-state index in [0.29, 0.717) is 12.8 Å². The van der Waals surface area contributed by atoms with E-state index in [0.717, 1.165) is 64.2 Å². The summed E-state index contributed by atoms with van der Waals surface area (Å²) in [6, 6.07) is -0.735. The van der Waals surface area contributed by atoms with E-state index in [1.807, 2.05) is 0 Å². The van der Waals surface area contributed by atoms with Gasteiger partial charge in [0.15, 0.2) is 6.10 Å². The normalized spacial score (nSPS) is 13.7. The zero-order valence-electron chi connectivity index (χ0n) is 34.9. The molecule has 0 saturated heterocycles. The summed E-state index contributed by atoms with van der Waals surface area (Å²) in [5.74, 6) is -1.82. The van der Waals surface area contributed by atoms with Gasteiger partial charge in [-0.05, 0) is 57.8 Å². The number of aliphatic carboxylic acids is 1. The number of allylic oxidation sites excluding steroid dienone is 12. The Morgan fingerprint density at radius 1 is 0.574 bits per heavy atom. The second kappa shape index (κ2) is 36.7. The largest absolute Gasteiger partial charge is 0.544 e. The Balaban J connectivity index is 4.44. The van der Waals surface area contributed by atoms with Crippen LogP contribution in [0.4, 0.5) is 0 Å². The molecule has 0 radical (unpaired) electrons. The molecule has 308 valence electrons. The van der Waals surface area contributed by atoms with E-state index < -0.39 is 18.1 Å². The Hall–Kier alpha value is -3.23. The maximum atomic E-state index is 12.6. The molecule has 0 aliphatic carbocycles. The number of hydrogen-bond acceptors (Lipinski definition) is 7. The summed E-state index contributed by atoms with van der Waals surface area (Å²) in [6.07, 6.45) is 45.1. The number of carbonyl (C=O) groups is 3. The van der Waals surface area contributed by atoms with Crippen molar-refractivity contribution in [3.05, 3.63) is 72.9 Å².